The predicted molar refractivity (Wildman–Crippen MR) is 291 cm³/mol. The van der Waals surface area contributed by atoms with Gasteiger partial charge in [-0.1, -0.05) is 182 Å². The Kier molecular flexibility index (Phi) is 8.79. The number of benzene rings is 9. The molecule has 0 N–H and O–H groups in total. The van der Waals surface area contributed by atoms with Crippen molar-refractivity contribution in [3.05, 3.63) is 252 Å². The minimum Gasteiger partial charge on any atom is -0.228 e. The molecule has 326 valence electrons. The molecular formula is C64H38N4S2. The van der Waals surface area contributed by atoms with Crippen molar-refractivity contribution >= 4 is 63.0 Å². The molecule has 3 aliphatic carbocycles. The van der Waals surface area contributed by atoms with Gasteiger partial charge in [-0.15, -0.1) is 22.7 Å². The fourth-order valence-corrected chi connectivity index (χ4v) is 13.8. The molecular weight excluding hydrogens is 889 g/mol. The van der Waals surface area contributed by atoms with Crippen molar-refractivity contribution in [1.29, 1.82) is 0 Å². The second kappa shape index (κ2) is 15.6. The standard InChI is InChI=1S/C64H38N4S2/c1-3-15-37(16-4-1)53-35-55(49-25-13-23-47-41-19-9-11-27-57(41)69-61(47)49)67-63(65-53)39-29-31-45-51(33-39)59-43-21-7-8-22-44(43)60(45)52-34-40(30-32-46(52)59)64-66-54(38-17-5-2-6-18-38)36-56(68-64)50-26-14-24-48-42-20-10-12-28-58(42)70-62(48)50/h1-36,59-60H/t59-,60?/m1/s1. The van der Waals surface area contributed by atoms with Gasteiger partial charge in [0.2, 0.25) is 0 Å². The molecule has 16 rings (SSSR count). The Morgan fingerprint density at radius 1 is 0.271 bits per heavy atom. The van der Waals surface area contributed by atoms with Crippen LogP contribution >= 0.6 is 22.7 Å². The van der Waals surface area contributed by atoms with Crippen LogP contribution in [0.5, 0.6) is 0 Å². The van der Waals surface area contributed by atoms with Crippen molar-refractivity contribution in [1.82, 2.24) is 19.9 Å². The number of rotatable bonds is 6. The van der Waals surface area contributed by atoms with Crippen molar-refractivity contribution in [3.8, 4) is 67.8 Å². The number of fused-ring (bicyclic) bond motifs is 6. The molecule has 13 aromatic rings. The fourth-order valence-electron chi connectivity index (χ4n) is 11.3. The van der Waals surface area contributed by atoms with Gasteiger partial charge in [0.15, 0.2) is 11.6 Å². The lowest BCUT2D eigenvalue weighted by molar-refractivity contribution is 0.754. The first kappa shape index (κ1) is 39.6. The third kappa shape index (κ3) is 6.13. The van der Waals surface area contributed by atoms with E-state index in [2.05, 4.69) is 218 Å². The van der Waals surface area contributed by atoms with Gasteiger partial charge in [0.25, 0.3) is 0 Å². The van der Waals surface area contributed by atoms with Gasteiger partial charge < -0.3 is 0 Å². The lowest BCUT2D eigenvalue weighted by Crippen LogP contribution is -2.27. The zero-order valence-corrected chi connectivity index (χ0v) is 39.2. The Labute approximate surface area is 411 Å². The Balaban J connectivity index is 0.874. The molecule has 6 heteroatoms. The fraction of sp³-hybridized carbons (Fsp3) is 0.0312. The van der Waals surface area contributed by atoms with Gasteiger partial charge in [-0.2, -0.15) is 0 Å². The quantitative estimate of drug-likeness (QED) is 0.167. The topological polar surface area (TPSA) is 51.6 Å². The number of nitrogens with zero attached hydrogens (tertiary/aromatic N) is 4. The lowest BCUT2D eigenvalue weighted by atomic mass is 9.61. The molecule has 0 fully saturated rings. The molecule has 4 aromatic heterocycles. The molecule has 0 spiro atoms. The molecule has 0 aliphatic heterocycles. The third-order valence-corrected chi connectivity index (χ3v) is 16.9. The molecule has 2 atom stereocenters. The number of hydrogen-bond acceptors (Lipinski definition) is 6. The van der Waals surface area contributed by atoms with Crippen LogP contribution in [0.25, 0.3) is 108 Å². The highest BCUT2D eigenvalue weighted by molar-refractivity contribution is 7.26. The second-order valence-electron chi connectivity index (χ2n) is 18.4. The maximum absolute atomic E-state index is 5.43. The first-order chi connectivity index (χ1) is 34.7. The van der Waals surface area contributed by atoms with Gasteiger partial charge in [0.05, 0.1) is 22.8 Å². The van der Waals surface area contributed by atoms with Gasteiger partial charge in [-0.05, 0) is 69.8 Å². The highest BCUT2D eigenvalue weighted by Crippen LogP contribution is 2.57. The summed E-state index contributed by atoms with van der Waals surface area (Å²) >= 11 is 3.66. The minimum absolute atomic E-state index is 0.0435. The van der Waals surface area contributed by atoms with Crippen LogP contribution in [0.4, 0.5) is 0 Å². The van der Waals surface area contributed by atoms with E-state index in [1.807, 2.05) is 22.7 Å². The van der Waals surface area contributed by atoms with Crippen molar-refractivity contribution < 1.29 is 0 Å². The van der Waals surface area contributed by atoms with E-state index in [4.69, 9.17) is 19.9 Å². The summed E-state index contributed by atoms with van der Waals surface area (Å²) in [5.41, 5.74) is 18.0. The summed E-state index contributed by atoms with van der Waals surface area (Å²) in [5, 5.41) is 5.06. The third-order valence-electron chi connectivity index (χ3n) is 14.5. The average molecular weight is 927 g/mol. The summed E-state index contributed by atoms with van der Waals surface area (Å²) in [6.07, 6.45) is 0. The van der Waals surface area contributed by atoms with Gasteiger partial charge in [-0.25, -0.2) is 19.9 Å². The monoisotopic (exact) mass is 926 g/mol. The normalized spacial score (nSPS) is 14.6. The Morgan fingerprint density at radius 2 is 0.657 bits per heavy atom. The highest BCUT2D eigenvalue weighted by Gasteiger charge is 2.41. The largest absolute Gasteiger partial charge is 0.228 e. The SMILES string of the molecule is c1ccc(-c2cc(-c3cccc4c3sc3ccccc34)nc(-c3ccc4c(c3)C3c5ccccc5[C@H]4c4cc(-c5nc(-c6ccccc6)cc(-c6cccc7c6sc6ccccc67)n5)ccc43)n2)cc1. The van der Waals surface area contributed by atoms with E-state index in [0.29, 0.717) is 0 Å². The van der Waals surface area contributed by atoms with Gasteiger partial charge in [-0.3, -0.25) is 0 Å². The van der Waals surface area contributed by atoms with E-state index in [-0.39, 0.29) is 11.8 Å². The summed E-state index contributed by atoms with van der Waals surface area (Å²) in [7, 11) is 0. The number of aromatic nitrogens is 4. The molecule has 70 heavy (non-hydrogen) atoms. The molecule has 4 nitrogen and oxygen atoms in total. The van der Waals surface area contributed by atoms with Crippen LogP contribution in [0.3, 0.4) is 0 Å². The highest BCUT2D eigenvalue weighted by atomic mass is 32.1. The average Bonchev–Trinajstić information content (AvgIpc) is 4.02. The Morgan fingerprint density at radius 3 is 1.13 bits per heavy atom. The first-order valence-corrected chi connectivity index (χ1v) is 25.4. The molecule has 1 unspecified atom stereocenters. The van der Waals surface area contributed by atoms with E-state index in [0.717, 1.165) is 67.8 Å². The Hall–Kier alpha value is -8.42. The van der Waals surface area contributed by atoms with Gasteiger partial charge in [0, 0.05) is 85.6 Å². The predicted octanol–water partition coefficient (Wildman–Crippen LogP) is 17.0. The van der Waals surface area contributed by atoms with Crippen molar-refractivity contribution in [2.45, 2.75) is 11.8 Å². The Bertz CT molecular complexity index is 3990. The molecule has 4 heterocycles. The maximum atomic E-state index is 5.43. The summed E-state index contributed by atoms with van der Waals surface area (Å²) in [4.78, 5) is 21.5. The van der Waals surface area contributed by atoms with Gasteiger partial charge in [0.1, 0.15) is 0 Å². The zero-order valence-electron chi connectivity index (χ0n) is 37.5. The summed E-state index contributed by atoms with van der Waals surface area (Å²) in [6.45, 7) is 0. The molecule has 0 radical (unpaired) electrons. The van der Waals surface area contributed by atoms with Crippen LogP contribution in [-0.2, 0) is 0 Å². The molecule has 9 aromatic carbocycles. The van der Waals surface area contributed by atoms with Crippen LogP contribution in [-0.4, -0.2) is 19.9 Å². The molecule has 2 bridgehead atoms. The first-order valence-electron chi connectivity index (χ1n) is 23.8. The zero-order chi connectivity index (χ0) is 45.9. The van der Waals surface area contributed by atoms with Crippen LogP contribution < -0.4 is 0 Å². The summed E-state index contributed by atoms with van der Waals surface area (Å²) < 4.78 is 5.03. The van der Waals surface area contributed by atoms with Crippen molar-refractivity contribution in [2.75, 3.05) is 0 Å². The maximum Gasteiger partial charge on any atom is 0.160 e. The van der Waals surface area contributed by atoms with E-state index >= 15 is 0 Å². The second-order valence-corrected chi connectivity index (χ2v) is 20.5. The number of hydrogen-bond donors (Lipinski definition) is 0. The molecule has 0 saturated heterocycles. The van der Waals surface area contributed by atoms with E-state index in [1.54, 1.807) is 0 Å². The van der Waals surface area contributed by atoms with E-state index < -0.39 is 0 Å². The molecule has 0 saturated carbocycles. The number of thiophene rings is 2. The van der Waals surface area contributed by atoms with E-state index in [1.165, 1.54) is 73.7 Å². The van der Waals surface area contributed by atoms with Crippen LogP contribution in [0.15, 0.2) is 218 Å². The summed E-state index contributed by atoms with van der Waals surface area (Å²) in [6, 6.07) is 78.8. The van der Waals surface area contributed by atoms with Crippen molar-refractivity contribution in [2.24, 2.45) is 0 Å². The van der Waals surface area contributed by atoms with Crippen LogP contribution in [0, 0.1) is 0 Å². The molecule has 0 amide bonds. The molecule has 3 aliphatic rings. The van der Waals surface area contributed by atoms with Crippen molar-refractivity contribution in [3.63, 3.8) is 0 Å². The van der Waals surface area contributed by atoms with Crippen LogP contribution in [0.1, 0.15) is 45.2 Å². The summed E-state index contributed by atoms with van der Waals surface area (Å²) in [5.74, 6) is 1.53. The minimum atomic E-state index is 0.0435. The lowest BCUT2D eigenvalue weighted by Gasteiger charge is -2.42. The van der Waals surface area contributed by atoms with Crippen LogP contribution in [0.2, 0.25) is 0 Å². The van der Waals surface area contributed by atoms with E-state index in [9.17, 15) is 0 Å². The van der Waals surface area contributed by atoms with Gasteiger partial charge >= 0.3 is 0 Å². The smallest absolute Gasteiger partial charge is 0.160 e.